The first-order valence-electron chi connectivity index (χ1n) is 6.49. The van der Waals surface area contributed by atoms with Crippen molar-refractivity contribution in [1.29, 1.82) is 0 Å². The fourth-order valence-electron chi connectivity index (χ4n) is 2.37. The van der Waals surface area contributed by atoms with Crippen LogP contribution in [0.25, 0.3) is 10.8 Å². The van der Waals surface area contributed by atoms with Crippen molar-refractivity contribution in [3.63, 3.8) is 0 Å². The molecule has 0 saturated carbocycles. The number of aromatic nitrogens is 3. The van der Waals surface area contributed by atoms with Gasteiger partial charge in [-0.05, 0) is 6.07 Å². The summed E-state index contributed by atoms with van der Waals surface area (Å²) in [5.41, 5.74) is 0.0661. The quantitative estimate of drug-likeness (QED) is 0.748. The lowest BCUT2D eigenvalue weighted by Crippen LogP contribution is -2.47. The summed E-state index contributed by atoms with van der Waals surface area (Å²) in [6, 6.07) is 1.67. The number of rotatable bonds is 1. The molecule has 0 aromatic carbocycles. The third-order valence-corrected chi connectivity index (χ3v) is 3.46. The summed E-state index contributed by atoms with van der Waals surface area (Å²) < 4.78 is 1.19. The third-order valence-electron chi connectivity index (χ3n) is 3.46. The van der Waals surface area contributed by atoms with Gasteiger partial charge in [-0.15, -0.1) is 0 Å². The highest BCUT2D eigenvalue weighted by atomic mass is 16.2. The van der Waals surface area contributed by atoms with Crippen LogP contribution in [0.2, 0.25) is 0 Å². The van der Waals surface area contributed by atoms with Gasteiger partial charge in [-0.3, -0.25) is 14.6 Å². The standard InChI is InChI=1S/C13H15N5O2/c1-17-12(19)10-8-15-3-2-9(10)11(16-17)13(20)18-6-4-14-5-7-18/h2-3,8,14H,4-7H2,1H3. The van der Waals surface area contributed by atoms with Crippen molar-refractivity contribution in [3.05, 3.63) is 34.5 Å². The Morgan fingerprint density at radius 2 is 2.05 bits per heavy atom. The number of nitrogens with one attached hydrogen (secondary N) is 1. The summed E-state index contributed by atoms with van der Waals surface area (Å²) in [7, 11) is 1.54. The number of hydrogen-bond donors (Lipinski definition) is 1. The summed E-state index contributed by atoms with van der Waals surface area (Å²) in [4.78, 5) is 30.3. The molecule has 2 aromatic heterocycles. The molecule has 0 radical (unpaired) electrons. The Morgan fingerprint density at radius 1 is 1.30 bits per heavy atom. The van der Waals surface area contributed by atoms with Crippen molar-refractivity contribution in [3.8, 4) is 0 Å². The van der Waals surface area contributed by atoms with Gasteiger partial charge in [0.25, 0.3) is 11.5 Å². The van der Waals surface area contributed by atoms with Gasteiger partial charge in [0, 0.05) is 51.0 Å². The number of carbonyl (C=O) groups excluding carboxylic acids is 1. The molecule has 1 N–H and O–H groups in total. The second-order valence-electron chi connectivity index (χ2n) is 4.74. The van der Waals surface area contributed by atoms with Gasteiger partial charge in [0.05, 0.1) is 5.39 Å². The number of piperazine rings is 1. The maximum atomic E-state index is 12.6. The fourth-order valence-corrected chi connectivity index (χ4v) is 2.37. The first-order chi connectivity index (χ1) is 9.68. The van der Waals surface area contributed by atoms with Crippen molar-refractivity contribution < 1.29 is 4.79 Å². The molecule has 1 aliphatic heterocycles. The van der Waals surface area contributed by atoms with E-state index in [0.29, 0.717) is 29.6 Å². The van der Waals surface area contributed by atoms with Gasteiger partial charge in [-0.25, -0.2) is 4.68 Å². The Hall–Kier alpha value is -2.28. The molecule has 3 heterocycles. The third kappa shape index (κ3) is 2.05. The molecule has 0 aliphatic carbocycles. The summed E-state index contributed by atoms with van der Waals surface area (Å²) in [5, 5.41) is 8.32. The van der Waals surface area contributed by atoms with Gasteiger partial charge in [-0.2, -0.15) is 5.10 Å². The normalized spacial score (nSPS) is 15.6. The molecule has 104 valence electrons. The SMILES string of the molecule is Cn1nc(C(=O)N2CCNCC2)c2ccncc2c1=O. The van der Waals surface area contributed by atoms with Crippen molar-refractivity contribution in [2.45, 2.75) is 0 Å². The summed E-state index contributed by atoms with van der Waals surface area (Å²) in [6.07, 6.45) is 3.05. The molecule has 0 bridgehead atoms. The van der Waals surface area contributed by atoms with E-state index in [-0.39, 0.29) is 11.5 Å². The molecule has 1 fully saturated rings. The number of amides is 1. The highest BCUT2D eigenvalue weighted by Crippen LogP contribution is 2.14. The molecular weight excluding hydrogens is 258 g/mol. The summed E-state index contributed by atoms with van der Waals surface area (Å²) in [6.45, 7) is 2.85. The minimum Gasteiger partial charge on any atom is -0.335 e. The fraction of sp³-hybridized carbons (Fsp3) is 0.385. The van der Waals surface area contributed by atoms with E-state index < -0.39 is 0 Å². The minimum atomic E-state index is -0.245. The number of carbonyl (C=O) groups is 1. The zero-order valence-corrected chi connectivity index (χ0v) is 11.2. The van der Waals surface area contributed by atoms with Crippen LogP contribution in [-0.2, 0) is 7.05 Å². The predicted molar refractivity (Wildman–Crippen MR) is 73.6 cm³/mol. The first-order valence-corrected chi connectivity index (χ1v) is 6.49. The number of nitrogens with zero attached hydrogens (tertiary/aromatic N) is 4. The smallest absolute Gasteiger partial charge is 0.275 e. The van der Waals surface area contributed by atoms with Crippen molar-refractivity contribution in [2.24, 2.45) is 7.05 Å². The maximum absolute atomic E-state index is 12.6. The molecule has 2 aromatic rings. The van der Waals surface area contributed by atoms with Crippen LogP contribution in [0.5, 0.6) is 0 Å². The molecule has 20 heavy (non-hydrogen) atoms. The van der Waals surface area contributed by atoms with Crippen molar-refractivity contribution in [2.75, 3.05) is 26.2 Å². The largest absolute Gasteiger partial charge is 0.335 e. The Labute approximate surface area is 115 Å². The zero-order chi connectivity index (χ0) is 14.1. The molecular formula is C13H15N5O2. The highest BCUT2D eigenvalue weighted by molar-refractivity contribution is 6.04. The highest BCUT2D eigenvalue weighted by Gasteiger charge is 2.22. The van der Waals surface area contributed by atoms with E-state index in [4.69, 9.17) is 0 Å². The lowest BCUT2D eigenvalue weighted by molar-refractivity contribution is 0.0729. The Bertz CT molecular complexity index is 718. The van der Waals surface area contributed by atoms with E-state index in [1.54, 1.807) is 24.2 Å². The van der Waals surface area contributed by atoms with Crippen LogP contribution < -0.4 is 10.9 Å². The molecule has 7 nitrogen and oxygen atoms in total. The number of hydrogen-bond acceptors (Lipinski definition) is 5. The topological polar surface area (TPSA) is 80.1 Å². The van der Waals surface area contributed by atoms with Gasteiger partial charge < -0.3 is 10.2 Å². The van der Waals surface area contributed by atoms with Crippen LogP contribution >= 0.6 is 0 Å². The first kappa shape index (κ1) is 12.7. The predicted octanol–water partition coefficient (Wildman–Crippen LogP) is -0.626. The van der Waals surface area contributed by atoms with Crippen LogP contribution in [0.1, 0.15) is 10.5 Å². The number of aryl methyl sites for hydroxylation is 1. The zero-order valence-electron chi connectivity index (χ0n) is 11.2. The van der Waals surface area contributed by atoms with E-state index in [1.807, 2.05) is 0 Å². The minimum absolute atomic E-state index is 0.140. The van der Waals surface area contributed by atoms with E-state index >= 15 is 0 Å². The lowest BCUT2D eigenvalue weighted by Gasteiger charge is -2.27. The monoisotopic (exact) mass is 273 g/mol. The Morgan fingerprint density at radius 3 is 2.80 bits per heavy atom. The van der Waals surface area contributed by atoms with Crippen LogP contribution in [0.3, 0.4) is 0 Å². The summed E-state index contributed by atoms with van der Waals surface area (Å²) in [5.74, 6) is -0.140. The molecule has 0 atom stereocenters. The lowest BCUT2D eigenvalue weighted by atomic mass is 10.1. The van der Waals surface area contributed by atoms with Crippen molar-refractivity contribution >= 4 is 16.7 Å². The molecule has 7 heteroatoms. The Balaban J connectivity index is 2.13. The molecule has 3 rings (SSSR count). The van der Waals surface area contributed by atoms with Crippen molar-refractivity contribution in [1.82, 2.24) is 25.0 Å². The second-order valence-corrected chi connectivity index (χ2v) is 4.74. The van der Waals surface area contributed by atoms with Crippen LogP contribution in [0.4, 0.5) is 0 Å². The van der Waals surface area contributed by atoms with E-state index in [0.717, 1.165) is 13.1 Å². The van der Waals surface area contributed by atoms with Gasteiger partial charge in [0.1, 0.15) is 0 Å². The van der Waals surface area contributed by atoms with Crippen LogP contribution in [0.15, 0.2) is 23.3 Å². The Kier molecular flexibility index (Phi) is 3.19. The van der Waals surface area contributed by atoms with E-state index in [2.05, 4.69) is 15.4 Å². The van der Waals surface area contributed by atoms with Gasteiger partial charge in [0.2, 0.25) is 0 Å². The van der Waals surface area contributed by atoms with E-state index in [1.165, 1.54) is 10.9 Å². The second kappa shape index (κ2) is 5.01. The summed E-state index contributed by atoms with van der Waals surface area (Å²) >= 11 is 0. The molecule has 1 saturated heterocycles. The number of pyridine rings is 1. The van der Waals surface area contributed by atoms with Gasteiger partial charge in [-0.1, -0.05) is 0 Å². The number of fused-ring (bicyclic) bond motifs is 1. The van der Waals surface area contributed by atoms with E-state index in [9.17, 15) is 9.59 Å². The molecule has 0 unspecified atom stereocenters. The molecule has 1 aliphatic rings. The van der Waals surface area contributed by atoms with Crippen LogP contribution in [0, 0.1) is 0 Å². The average molecular weight is 273 g/mol. The average Bonchev–Trinajstić information content (AvgIpc) is 2.51. The van der Waals surface area contributed by atoms with Gasteiger partial charge in [0.15, 0.2) is 5.69 Å². The van der Waals surface area contributed by atoms with Crippen LogP contribution in [-0.4, -0.2) is 51.8 Å². The molecule has 1 amide bonds. The maximum Gasteiger partial charge on any atom is 0.275 e. The molecule has 0 spiro atoms. The van der Waals surface area contributed by atoms with Gasteiger partial charge >= 0.3 is 0 Å².